The molecule has 9 nitrogen and oxygen atoms in total. The van der Waals surface area contributed by atoms with Crippen LogP contribution in [0.25, 0.3) is 27.6 Å². The Morgan fingerprint density at radius 1 is 1.20 bits per heavy atom. The van der Waals surface area contributed by atoms with Crippen LogP contribution in [0.2, 0.25) is 0 Å². The molecule has 1 saturated carbocycles. The van der Waals surface area contributed by atoms with Gasteiger partial charge in [0, 0.05) is 49.0 Å². The third kappa shape index (κ3) is 3.88. The van der Waals surface area contributed by atoms with Gasteiger partial charge in [0.05, 0.1) is 19.0 Å². The first-order valence-electron chi connectivity index (χ1n) is 12.5. The second-order valence-corrected chi connectivity index (χ2v) is 11.0. The van der Waals surface area contributed by atoms with Crippen molar-refractivity contribution in [2.45, 2.75) is 58.0 Å². The van der Waals surface area contributed by atoms with E-state index in [1.807, 2.05) is 18.5 Å². The number of fused-ring (bicyclic) bond motifs is 1. The van der Waals surface area contributed by atoms with Gasteiger partial charge in [-0.25, -0.2) is 14.5 Å². The maximum Gasteiger partial charge on any atom is 0.197 e. The molecule has 10 heteroatoms. The average Bonchev–Trinajstić information content (AvgIpc) is 3.55. The van der Waals surface area contributed by atoms with E-state index in [9.17, 15) is 0 Å². The van der Waals surface area contributed by atoms with E-state index in [-0.39, 0.29) is 5.92 Å². The van der Waals surface area contributed by atoms with Gasteiger partial charge in [0.2, 0.25) is 0 Å². The highest BCUT2D eigenvalue weighted by Gasteiger charge is 2.32. The molecular weight excluding hydrogens is 460 g/mol. The summed E-state index contributed by atoms with van der Waals surface area (Å²) in [5.41, 5.74) is 4.68. The molecule has 6 rings (SSSR count). The number of methoxy groups -OCH3 is 1. The average molecular weight is 493 g/mol. The van der Waals surface area contributed by atoms with Crippen LogP contribution in [0, 0.1) is 0 Å². The number of thiazole rings is 1. The molecule has 184 valence electrons. The van der Waals surface area contributed by atoms with Gasteiger partial charge >= 0.3 is 0 Å². The number of hydrogen-bond acceptors (Lipinski definition) is 8. The van der Waals surface area contributed by atoms with Crippen LogP contribution in [-0.4, -0.2) is 73.5 Å². The number of ether oxygens (including phenoxy) is 1. The molecule has 4 aromatic heterocycles. The van der Waals surface area contributed by atoms with Crippen LogP contribution >= 0.6 is 11.3 Å². The van der Waals surface area contributed by atoms with Gasteiger partial charge in [0.25, 0.3) is 0 Å². The molecule has 0 radical (unpaired) electrons. The van der Waals surface area contributed by atoms with Crippen LogP contribution < -0.4 is 9.64 Å². The van der Waals surface area contributed by atoms with Crippen molar-refractivity contribution in [3.63, 3.8) is 0 Å². The second-order valence-electron chi connectivity index (χ2n) is 9.97. The Morgan fingerprint density at radius 2 is 2.06 bits per heavy atom. The van der Waals surface area contributed by atoms with E-state index in [2.05, 4.69) is 45.8 Å². The van der Waals surface area contributed by atoms with E-state index in [4.69, 9.17) is 14.8 Å². The molecule has 1 atom stereocenters. The fraction of sp³-hybridized carbons (Fsp3) is 0.520. The summed E-state index contributed by atoms with van der Waals surface area (Å²) >= 11 is 1.74. The number of hydrogen-bond donors (Lipinski definition) is 1. The lowest BCUT2D eigenvalue weighted by Crippen LogP contribution is -2.56. The highest BCUT2D eigenvalue weighted by Crippen LogP contribution is 2.40. The predicted molar refractivity (Wildman–Crippen MR) is 138 cm³/mol. The standard InChI is InChI=1S/C25H32N8OS/c1-15(2)21-22(17-10-19(34-4)24-27-14-28-33(24)13-17)29-30-23(21)25-26-11-20(35-25)32-9-8-31(12-16(32)3)18-6-5-7-18/h10-11,13-16,18H,5-9,12H2,1-4H3,(H,29,30). The van der Waals surface area contributed by atoms with E-state index in [1.54, 1.807) is 23.0 Å². The first-order valence-corrected chi connectivity index (χ1v) is 13.3. The summed E-state index contributed by atoms with van der Waals surface area (Å²) in [6.45, 7) is 10.1. The van der Waals surface area contributed by atoms with Gasteiger partial charge < -0.3 is 9.64 Å². The van der Waals surface area contributed by atoms with Gasteiger partial charge in [-0.2, -0.15) is 10.2 Å². The molecule has 0 bridgehead atoms. The zero-order valence-electron chi connectivity index (χ0n) is 20.7. The molecule has 1 saturated heterocycles. The molecule has 1 N–H and O–H groups in total. The van der Waals surface area contributed by atoms with E-state index in [1.165, 1.54) is 30.6 Å². The van der Waals surface area contributed by atoms with Gasteiger partial charge in [-0.3, -0.25) is 10.00 Å². The maximum absolute atomic E-state index is 5.58. The molecule has 0 spiro atoms. The quantitative estimate of drug-likeness (QED) is 0.426. The molecule has 1 unspecified atom stereocenters. The number of piperazine rings is 1. The number of nitrogens with one attached hydrogen (secondary N) is 1. The normalized spacial score (nSPS) is 19.6. The second kappa shape index (κ2) is 8.91. The van der Waals surface area contributed by atoms with Crippen molar-refractivity contribution in [1.29, 1.82) is 0 Å². The number of pyridine rings is 1. The fourth-order valence-electron chi connectivity index (χ4n) is 5.38. The largest absolute Gasteiger partial charge is 0.493 e. The summed E-state index contributed by atoms with van der Waals surface area (Å²) in [6.07, 6.45) is 9.65. The zero-order chi connectivity index (χ0) is 24.1. The molecule has 35 heavy (non-hydrogen) atoms. The molecule has 4 aromatic rings. The Morgan fingerprint density at radius 3 is 2.77 bits per heavy atom. The summed E-state index contributed by atoms with van der Waals surface area (Å²) in [5.74, 6) is 0.936. The Kier molecular flexibility index (Phi) is 5.72. The highest BCUT2D eigenvalue weighted by molar-refractivity contribution is 7.18. The first-order chi connectivity index (χ1) is 17.0. The maximum atomic E-state index is 5.58. The minimum absolute atomic E-state index is 0.258. The molecule has 0 amide bonds. The lowest BCUT2D eigenvalue weighted by atomic mass is 9.90. The molecule has 2 aliphatic rings. The van der Waals surface area contributed by atoms with Crippen molar-refractivity contribution in [2.24, 2.45) is 0 Å². The SMILES string of the molecule is COc1cc(-c2[nH]nc(-c3ncc(N4CCN(C5CCC5)CC4C)s3)c2C(C)C)cn2ncnc12. The van der Waals surface area contributed by atoms with Gasteiger partial charge in [0.1, 0.15) is 22.0 Å². The number of rotatable bonds is 6. The van der Waals surface area contributed by atoms with Gasteiger partial charge in [0.15, 0.2) is 11.4 Å². The van der Waals surface area contributed by atoms with E-state index < -0.39 is 0 Å². The Balaban J connectivity index is 1.31. The minimum atomic E-state index is 0.258. The predicted octanol–water partition coefficient (Wildman–Crippen LogP) is 4.44. The lowest BCUT2D eigenvalue weighted by Gasteiger charge is -2.46. The van der Waals surface area contributed by atoms with Gasteiger partial charge in [-0.05, 0) is 31.7 Å². The van der Waals surface area contributed by atoms with Crippen LogP contribution in [0.15, 0.2) is 24.8 Å². The summed E-state index contributed by atoms with van der Waals surface area (Å²) < 4.78 is 7.32. The molecular formula is C25H32N8OS. The van der Waals surface area contributed by atoms with Crippen molar-refractivity contribution in [3.05, 3.63) is 30.4 Å². The Bertz CT molecular complexity index is 1340. The Labute approximate surface area is 209 Å². The highest BCUT2D eigenvalue weighted by atomic mass is 32.1. The minimum Gasteiger partial charge on any atom is -0.493 e. The number of aromatic nitrogens is 6. The monoisotopic (exact) mass is 492 g/mol. The molecule has 2 fully saturated rings. The molecule has 1 aliphatic heterocycles. The third-order valence-electron chi connectivity index (χ3n) is 7.46. The van der Waals surface area contributed by atoms with Crippen LogP contribution in [0.3, 0.4) is 0 Å². The zero-order valence-corrected chi connectivity index (χ0v) is 21.5. The van der Waals surface area contributed by atoms with Crippen LogP contribution in [0.5, 0.6) is 5.75 Å². The number of nitrogens with zero attached hydrogens (tertiary/aromatic N) is 7. The van der Waals surface area contributed by atoms with Gasteiger partial charge in [-0.15, -0.1) is 0 Å². The summed E-state index contributed by atoms with van der Waals surface area (Å²) in [5, 5.41) is 14.5. The number of aromatic amines is 1. The van der Waals surface area contributed by atoms with E-state index in [0.717, 1.165) is 53.2 Å². The fourth-order valence-corrected chi connectivity index (χ4v) is 6.43. The summed E-state index contributed by atoms with van der Waals surface area (Å²) in [7, 11) is 1.65. The van der Waals surface area contributed by atoms with Gasteiger partial charge in [-0.1, -0.05) is 31.6 Å². The topological polar surface area (TPSA) is 87.5 Å². The lowest BCUT2D eigenvalue weighted by molar-refractivity contribution is 0.106. The van der Waals surface area contributed by atoms with Crippen molar-refractivity contribution < 1.29 is 4.74 Å². The van der Waals surface area contributed by atoms with Crippen molar-refractivity contribution in [2.75, 3.05) is 31.6 Å². The number of H-pyrrole nitrogens is 1. The summed E-state index contributed by atoms with van der Waals surface area (Å²) in [6, 6.07) is 3.28. The van der Waals surface area contributed by atoms with Crippen LogP contribution in [-0.2, 0) is 0 Å². The molecule has 1 aliphatic carbocycles. The van der Waals surface area contributed by atoms with Crippen LogP contribution in [0.1, 0.15) is 51.5 Å². The van der Waals surface area contributed by atoms with Crippen LogP contribution in [0.4, 0.5) is 5.00 Å². The Hall–Kier alpha value is -2.98. The molecule has 0 aromatic carbocycles. The van der Waals surface area contributed by atoms with E-state index >= 15 is 0 Å². The first kappa shape index (κ1) is 22.5. The smallest absolute Gasteiger partial charge is 0.197 e. The number of anilines is 1. The van der Waals surface area contributed by atoms with Crippen molar-refractivity contribution >= 4 is 22.0 Å². The van der Waals surface area contributed by atoms with Crippen molar-refractivity contribution in [3.8, 4) is 27.7 Å². The van der Waals surface area contributed by atoms with E-state index in [0.29, 0.717) is 17.4 Å². The summed E-state index contributed by atoms with van der Waals surface area (Å²) in [4.78, 5) is 14.3. The molecule has 5 heterocycles. The van der Waals surface area contributed by atoms with Crippen molar-refractivity contribution in [1.82, 2.24) is 34.7 Å². The third-order valence-corrected chi connectivity index (χ3v) is 8.50.